The minimum Gasteiger partial charge on any atom is -0.480 e. The summed E-state index contributed by atoms with van der Waals surface area (Å²) in [6.07, 6.45) is -22.6. The maximum atomic E-state index is 14.7. The Bertz CT molecular complexity index is 4340. The summed E-state index contributed by atoms with van der Waals surface area (Å²) >= 11 is 0. The second-order valence-electron chi connectivity index (χ2n) is 38.4. The number of carbonyl (C=O) groups is 19. The predicted molar refractivity (Wildman–Crippen MR) is 523 cm³/mol. The van der Waals surface area contributed by atoms with Gasteiger partial charge in [0.15, 0.2) is 5.78 Å². The Labute approximate surface area is 855 Å². The lowest BCUT2D eigenvalue weighted by Crippen LogP contribution is -2.59. The van der Waals surface area contributed by atoms with Gasteiger partial charge in [-0.15, -0.1) is 0 Å². The molecule has 0 bridgehead atoms. The first-order valence-corrected chi connectivity index (χ1v) is 49.1. The highest BCUT2D eigenvalue weighted by atomic mass is 16.6. The number of likely N-dealkylation sites (N-methyl/N-ethyl adjacent to an activating group) is 2. The lowest BCUT2D eigenvalue weighted by molar-refractivity contribution is -0.148. The topological polar surface area (TPSA) is 771 Å². The van der Waals surface area contributed by atoms with Crippen LogP contribution in [0.15, 0.2) is 30.3 Å². The van der Waals surface area contributed by atoms with E-state index in [4.69, 9.17) is 28.8 Å². The van der Waals surface area contributed by atoms with E-state index in [1.807, 2.05) is 62.3 Å². The summed E-state index contributed by atoms with van der Waals surface area (Å²) in [5.74, 6) is -18.2. The molecule has 0 aromatic heterocycles. The molecule has 52 heteroatoms. The fourth-order valence-electron chi connectivity index (χ4n) is 15.5. The van der Waals surface area contributed by atoms with E-state index in [9.17, 15) is 142 Å². The number of likely N-dealkylation sites (tertiary alicyclic amines) is 1. The van der Waals surface area contributed by atoms with Gasteiger partial charge in [0.2, 0.25) is 88.6 Å². The molecule has 0 unspecified atom stereocenters. The standard InChI is InChI=1S/C95H161N17O35/c1-17-54(6)80(111(14)91(138)78(52(2)3)109-90(137)79(53(4)5)110(12)13)68(143-15)41-77(128)112-36-21-25-63(112)85(144-16)55(7)86(133)108-62(39-57-23-19-18-20-24-57)89(136)97-33-22-37-146-93(141)56(8)105-72(123)29-27-61(92(139)140)106-73(124)31-35-98-94(142)147-50-58(40-59(115)42-99-74(125)46-102-76(127)47-103-75(126)45-101-70(121)30-34-96-71(122)32-38-145-51-95(9,10)11)87(134)107-60(88(135)104-44-65(117)82(130)84(132)67(119)49-114)26-28-69(120)100-43-64(116)81(129)83(131)66(118)48-113/h18-20,23-24,52-56,58,60-68,78-85,113-114,116-119,129-132H,17,21-22,25-51H2,1-16H3,(H,96,122)(H,97,136)(H,98,142)(H,99,125)(H,100,120)(H,101,121)(H,102,127)(H,103,126)(H,104,135)(H,105,123)(H,106,124)(H,107,134)(H,108,133)(H,109,137)(H,139,140)/t54-,55+,56-,58-,60-,61-,62-,63-,64-,65-,66+,67+,68+,78-,79-,80-,81+,82+,83+,84+,85+/m0/s1. The van der Waals surface area contributed by atoms with E-state index >= 15 is 0 Å². The van der Waals surface area contributed by atoms with Crippen molar-refractivity contribution in [3.8, 4) is 0 Å². The zero-order chi connectivity index (χ0) is 111. The number of ether oxygens (including phenoxy) is 5. The molecule has 1 fully saturated rings. The number of aliphatic hydroxyl groups is 10. The largest absolute Gasteiger partial charge is 0.480 e. The molecule has 0 radical (unpaired) electrons. The van der Waals surface area contributed by atoms with Gasteiger partial charge in [0.25, 0.3) is 0 Å². The number of nitrogens with zero attached hydrogens (tertiary/aromatic N) is 3. The highest BCUT2D eigenvalue weighted by Gasteiger charge is 2.45. The number of ketones is 1. The Balaban J connectivity index is 2.19. The van der Waals surface area contributed by atoms with Crippen molar-refractivity contribution in [2.75, 3.05) is 140 Å². The van der Waals surface area contributed by atoms with E-state index in [0.717, 1.165) is 0 Å². The fraction of sp³-hybridized carbons (Fsp3) is 0.737. The number of aliphatic hydroxyl groups excluding tert-OH is 10. The van der Waals surface area contributed by atoms with Crippen LogP contribution in [0.3, 0.4) is 0 Å². The van der Waals surface area contributed by atoms with E-state index in [2.05, 4.69) is 74.4 Å². The smallest absolute Gasteiger partial charge is 0.407 e. The minimum absolute atomic E-state index is 0.0406. The van der Waals surface area contributed by atoms with Crippen LogP contribution in [0.4, 0.5) is 4.79 Å². The maximum absolute atomic E-state index is 14.7. The van der Waals surface area contributed by atoms with Crippen LogP contribution in [-0.4, -0.2) is 433 Å². The van der Waals surface area contributed by atoms with Gasteiger partial charge in [-0.3, -0.25) is 81.6 Å². The number of methoxy groups -OCH3 is 2. The van der Waals surface area contributed by atoms with Crippen molar-refractivity contribution in [1.82, 2.24) is 89.1 Å². The summed E-state index contributed by atoms with van der Waals surface area (Å²) in [5.41, 5.74) is 0.592. The molecule has 1 aromatic carbocycles. The quantitative estimate of drug-likeness (QED) is 0.0213. The lowest BCUT2D eigenvalue weighted by Gasteiger charge is -2.41. The molecule has 25 N–H and O–H groups in total. The molecule has 0 saturated carbocycles. The number of carboxylic acid groups (broad SMARTS) is 1. The number of amides is 16. The van der Waals surface area contributed by atoms with Crippen molar-refractivity contribution in [1.29, 1.82) is 0 Å². The van der Waals surface area contributed by atoms with E-state index in [0.29, 0.717) is 38.0 Å². The van der Waals surface area contributed by atoms with Crippen molar-refractivity contribution in [3.05, 3.63) is 35.9 Å². The Kier molecular flexibility index (Phi) is 61.8. The normalized spacial score (nSPS) is 16.7. The van der Waals surface area contributed by atoms with Gasteiger partial charge in [0.1, 0.15) is 73.4 Å². The van der Waals surface area contributed by atoms with Crippen LogP contribution >= 0.6 is 0 Å². The average Bonchev–Trinajstić information content (AvgIpc) is 1.73. The molecule has 1 aliphatic rings. The molecule has 0 spiro atoms. The summed E-state index contributed by atoms with van der Waals surface area (Å²) in [6.45, 7) is 12.1. The molecule has 147 heavy (non-hydrogen) atoms. The van der Waals surface area contributed by atoms with Crippen molar-refractivity contribution in [2.24, 2.45) is 35.0 Å². The number of carbonyl (C=O) groups excluding carboxylic acids is 18. The van der Waals surface area contributed by atoms with Gasteiger partial charge in [-0.25, -0.2) is 14.4 Å². The number of aliphatic carboxylic acids is 1. The number of esters is 1. The molecule has 1 saturated heterocycles. The third-order valence-electron chi connectivity index (χ3n) is 24.1. The summed E-state index contributed by atoms with van der Waals surface area (Å²) in [7, 11) is 8.17. The molecule has 836 valence electrons. The van der Waals surface area contributed by atoms with Crippen LogP contribution in [-0.2, 0) is 116 Å². The number of nitrogens with one attached hydrogen (secondary N) is 14. The van der Waals surface area contributed by atoms with Crippen LogP contribution in [0.2, 0.25) is 0 Å². The highest BCUT2D eigenvalue weighted by molar-refractivity contribution is 5.96. The summed E-state index contributed by atoms with van der Waals surface area (Å²) in [4.78, 5) is 258. The van der Waals surface area contributed by atoms with Crippen LogP contribution in [0.25, 0.3) is 0 Å². The number of carboxylic acids is 1. The van der Waals surface area contributed by atoms with Crippen molar-refractivity contribution in [2.45, 2.75) is 275 Å². The first kappa shape index (κ1) is 132. The van der Waals surface area contributed by atoms with Crippen LogP contribution in [0, 0.1) is 35.0 Å². The second kappa shape index (κ2) is 69.0. The Morgan fingerprint density at radius 3 is 1.56 bits per heavy atom. The molecule has 2 rings (SSSR count). The zero-order valence-electron chi connectivity index (χ0n) is 86.9. The van der Waals surface area contributed by atoms with Crippen molar-refractivity contribution in [3.63, 3.8) is 0 Å². The second-order valence-corrected chi connectivity index (χ2v) is 38.4. The third kappa shape index (κ3) is 50.0. The zero-order valence-corrected chi connectivity index (χ0v) is 86.9. The van der Waals surface area contributed by atoms with Gasteiger partial charge in [-0.1, -0.05) is 106 Å². The van der Waals surface area contributed by atoms with E-state index in [1.54, 1.807) is 73.1 Å². The predicted octanol–water partition coefficient (Wildman–Crippen LogP) is -8.25. The van der Waals surface area contributed by atoms with E-state index in [-0.39, 0.29) is 105 Å². The van der Waals surface area contributed by atoms with Gasteiger partial charge in [-0.05, 0) is 81.9 Å². The van der Waals surface area contributed by atoms with Gasteiger partial charge in [0.05, 0.1) is 120 Å². The van der Waals surface area contributed by atoms with Crippen molar-refractivity contribution >= 4 is 112 Å². The first-order valence-electron chi connectivity index (χ1n) is 49.1. The molecule has 1 aliphatic heterocycles. The average molecular weight is 2100 g/mol. The number of hydrogen-bond acceptors (Lipinski definition) is 35. The van der Waals surface area contributed by atoms with E-state index in [1.165, 1.54) is 21.1 Å². The Hall–Kier alpha value is -11.4. The Morgan fingerprint density at radius 2 is 1.02 bits per heavy atom. The maximum Gasteiger partial charge on any atom is 0.407 e. The SMILES string of the molecule is CC[C@H](C)[C@@H]([C@@H](CC(=O)N1CCC[C@H]1[C@H](OC)[C@@H](C)C(=O)N[C@@H](Cc1ccccc1)C(=O)NCCCOC(=O)[C@H](C)NC(=O)CC[C@H](NC(=O)CCNC(=O)OC[C@H](CC(=O)CNC(=O)CNC(=O)CNC(=O)CNC(=O)CCNC(=O)CCOCC(C)(C)C)C(=O)N[C@@H](CCC(=O)NC[C@H](O)[C@@H](O)[C@H](O)[C@H](O)CO)C(=O)NC[C@H](O)[C@@H](O)[C@H](O)[C@H](O)CO)C(=O)O)OC)N(C)C(=O)[C@@H](NC(=O)[C@H](C(C)C)N(C)C)C(C)C. The first-order chi connectivity index (χ1) is 69.1. The minimum atomic E-state index is -2.24. The van der Waals surface area contributed by atoms with Gasteiger partial charge in [0, 0.05) is 105 Å². The summed E-state index contributed by atoms with van der Waals surface area (Å²) in [6, 6.07) is 0.134. The van der Waals surface area contributed by atoms with Crippen LogP contribution < -0.4 is 74.4 Å². The Morgan fingerprint density at radius 1 is 0.503 bits per heavy atom. The van der Waals surface area contributed by atoms with E-state index < -0.39 is 314 Å². The fourth-order valence-corrected chi connectivity index (χ4v) is 15.5. The summed E-state index contributed by atoms with van der Waals surface area (Å²) in [5, 5.41) is 143. The lowest BCUT2D eigenvalue weighted by atomic mass is 9.89. The molecule has 52 nitrogen and oxygen atoms in total. The third-order valence-corrected chi connectivity index (χ3v) is 24.1. The number of rotatable bonds is 72. The molecule has 0 aliphatic carbocycles. The number of hydrogen-bond donors (Lipinski definition) is 25. The number of alkyl carbamates (subject to hydrolysis) is 1. The molecule has 21 atom stereocenters. The number of benzene rings is 1. The van der Waals surface area contributed by atoms with Gasteiger partial charge in [-0.2, -0.15) is 0 Å². The van der Waals surface area contributed by atoms with Gasteiger partial charge >= 0.3 is 18.0 Å². The molecule has 16 amide bonds. The molecule has 1 heterocycles. The number of Topliss-reactive ketones (excluding diaryl/α,β-unsaturated/α-hetero) is 1. The molecular weight excluding hydrogens is 1940 g/mol. The van der Waals surface area contributed by atoms with Crippen LogP contribution in [0.5, 0.6) is 0 Å². The van der Waals surface area contributed by atoms with Gasteiger partial charge < -0.3 is 164 Å². The summed E-state index contributed by atoms with van der Waals surface area (Å²) < 4.78 is 28.1. The highest BCUT2D eigenvalue weighted by Crippen LogP contribution is 2.31. The molecule has 1 aromatic rings. The monoisotopic (exact) mass is 2100 g/mol. The molecular formula is C95H161N17O35. The van der Waals surface area contributed by atoms with Crippen molar-refractivity contribution < 1.29 is 171 Å². The van der Waals surface area contributed by atoms with Crippen LogP contribution in [0.1, 0.15) is 165 Å².